The molecule has 2 N–H and O–H groups in total. The molecule has 1 atom stereocenters. The fraction of sp³-hybridized carbons (Fsp3) is 0.500. The van der Waals surface area contributed by atoms with Crippen LogP contribution in [0.1, 0.15) is 48.2 Å². The quantitative estimate of drug-likeness (QED) is 0.881. The number of anilines is 2. The van der Waals surface area contributed by atoms with Crippen LogP contribution in [-0.2, 0) is 0 Å². The Labute approximate surface area is 123 Å². The van der Waals surface area contributed by atoms with Gasteiger partial charge in [0.15, 0.2) is 0 Å². The van der Waals surface area contributed by atoms with Crippen LogP contribution in [0.4, 0.5) is 11.6 Å². The summed E-state index contributed by atoms with van der Waals surface area (Å²) in [7, 11) is 1.88. The summed E-state index contributed by atoms with van der Waals surface area (Å²) in [4.78, 5) is 14.3. The summed E-state index contributed by atoms with van der Waals surface area (Å²) in [6.45, 7) is 8.45. The van der Waals surface area contributed by atoms with Crippen LogP contribution in [0.5, 0.6) is 0 Å². The minimum atomic E-state index is 0.130. The third kappa shape index (κ3) is 3.07. The van der Waals surface area contributed by atoms with Crippen molar-refractivity contribution in [2.24, 2.45) is 0 Å². The number of rotatable bonds is 5. The van der Waals surface area contributed by atoms with E-state index in [0.717, 1.165) is 22.2 Å². The number of aromatic nitrogens is 3. The molecule has 0 saturated heterocycles. The molecule has 0 saturated carbocycles. The smallest absolute Gasteiger partial charge is 0.135 e. The van der Waals surface area contributed by atoms with Crippen molar-refractivity contribution in [1.82, 2.24) is 15.0 Å². The van der Waals surface area contributed by atoms with Gasteiger partial charge in [-0.3, -0.25) is 0 Å². The van der Waals surface area contributed by atoms with Gasteiger partial charge in [0.2, 0.25) is 0 Å². The van der Waals surface area contributed by atoms with E-state index in [-0.39, 0.29) is 6.04 Å². The van der Waals surface area contributed by atoms with Crippen LogP contribution in [0.25, 0.3) is 0 Å². The molecule has 0 aliphatic heterocycles. The number of hydrogen-bond donors (Lipinski definition) is 2. The Morgan fingerprint density at radius 1 is 1.10 bits per heavy atom. The van der Waals surface area contributed by atoms with Crippen LogP contribution in [0.15, 0.2) is 12.5 Å². The highest BCUT2D eigenvalue weighted by atomic mass is 32.1. The molecule has 6 heteroatoms. The highest BCUT2D eigenvalue weighted by Crippen LogP contribution is 2.31. The summed E-state index contributed by atoms with van der Waals surface area (Å²) in [5.41, 5.74) is 1.11. The number of thiazole rings is 1. The fourth-order valence-electron chi connectivity index (χ4n) is 2.10. The molecule has 2 aromatic heterocycles. The third-order valence-electron chi connectivity index (χ3n) is 3.06. The average Bonchev–Trinajstić information content (AvgIpc) is 2.84. The van der Waals surface area contributed by atoms with E-state index >= 15 is 0 Å². The summed E-state index contributed by atoms with van der Waals surface area (Å²) < 4.78 is 0. The second-order valence-electron chi connectivity index (χ2n) is 5.06. The first-order chi connectivity index (χ1) is 9.52. The van der Waals surface area contributed by atoms with Gasteiger partial charge in [0, 0.05) is 23.7 Å². The van der Waals surface area contributed by atoms with Crippen molar-refractivity contribution >= 4 is 23.0 Å². The minimum absolute atomic E-state index is 0.130. The summed E-state index contributed by atoms with van der Waals surface area (Å²) in [5.74, 6) is 2.09. The maximum atomic E-state index is 4.43. The maximum Gasteiger partial charge on any atom is 0.135 e. The fourth-order valence-corrected chi connectivity index (χ4v) is 2.87. The zero-order valence-electron chi connectivity index (χ0n) is 12.6. The first-order valence-corrected chi connectivity index (χ1v) is 7.56. The molecule has 0 spiro atoms. The predicted molar refractivity (Wildman–Crippen MR) is 84.6 cm³/mol. The molecule has 20 heavy (non-hydrogen) atoms. The van der Waals surface area contributed by atoms with E-state index < -0.39 is 0 Å². The van der Waals surface area contributed by atoms with Crippen LogP contribution >= 0.6 is 11.3 Å². The second-order valence-corrected chi connectivity index (χ2v) is 6.33. The van der Waals surface area contributed by atoms with Gasteiger partial charge in [-0.15, -0.1) is 11.3 Å². The first kappa shape index (κ1) is 14.7. The van der Waals surface area contributed by atoms with Gasteiger partial charge in [0.05, 0.1) is 6.04 Å². The van der Waals surface area contributed by atoms with Gasteiger partial charge in [-0.25, -0.2) is 15.0 Å². The van der Waals surface area contributed by atoms with E-state index in [4.69, 9.17) is 0 Å². The van der Waals surface area contributed by atoms with Crippen molar-refractivity contribution in [2.45, 2.75) is 39.7 Å². The molecule has 0 aromatic carbocycles. The van der Waals surface area contributed by atoms with E-state index in [1.165, 1.54) is 4.88 Å². The van der Waals surface area contributed by atoms with Gasteiger partial charge < -0.3 is 10.6 Å². The summed E-state index contributed by atoms with van der Waals surface area (Å²) in [5, 5.41) is 7.65. The average molecular weight is 291 g/mol. The first-order valence-electron chi connectivity index (χ1n) is 6.74. The van der Waals surface area contributed by atoms with E-state index in [1.54, 1.807) is 17.7 Å². The molecular formula is C14H21N5S. The Kier molecular flexibility index (Phi) is 4.54. The Morgan fingerprint density at radius 2 is 1.80 bits per heavy atom. The van der Waals surface area contributed by atoms with E-state index in [2.05, 4.69) is 53.3 Å². The number of nitrogens with one attached hydrogen (secondary N) is 2. The van der Waals surface area contributed by atoms with Crippen LogP contribution in [0.3, 0.4) is 0 Å². The highest BCUT2D eigenvalue weighted by molar-refractivity contribution is 7.11. The Bertz CT molecular complexity index is 579. The van der Waals surface area contributed by atoms with Crippen LogP contribution < -0.4 is 10.6 Å². The molecule has 2 rings (SSSR count). The van der Waals surface area contributed by atoms with Gasteiger partial charge in [-0.05, 0) is 19.8 Å². The number of aryl methyl sites for hydroxylation is 1. The van der Waals surface area contributed by atoms with Crippen LogP contribution in [0.2, 0.25) is 0 Å². The van der Waals surface area contributed by atoms with Crippen molar-refractivity contribution in [2.75, 3.05) is 17.7 Å². The molecule has 0 bridgehead atoms. The zero-order chi connectivity index (χ0) is 14.7. The van der Waals surface area contributed by atoms with Gasteiger partial charge in [-0.2, -0.15) is 0 Å². The molecule has 108 valence electrons. The standard InChI is InChI=1S/C14H21N5S/c1-8(2)11-12(15-5)17-7-18-13(11)19-10(4)14-16-6-9(3)20-14/h6-8,10H,1-5H3,(H2,15,17,18,19). The predicted octanol–water partition coefficient (Wildman–Crippen LogP) is 3.58. The molecule has 2 aromatic rings. The van der Waals surface area contributed by atoms with Crippen molar-refractivity contribution in [3.05, 3.63) is 28.0 Å². The molecule has 0 amide bonds. The lowest BCUT2D eigenvalue weighted by Crippen LogP contribution is -2.12. The molecule has 0 aliphatic carbocycles. The van der Waals surface area contributed by atoms with Gasteiger partial charge in [-0.1, -0.05) is 13.8 Å². The van der Waals surface area contributed by atoms with Crippen molar-refractivity contribution in [3.8, 4) is 0 Å². The van der Waals surface area contributed by atoms with E-state index in [9.17, 15) is 0 Å². The molecule has 2 heterocycles. The SMILES string of the molecule is CNc1ncnc(NC(C)c2ncc(C)s2)c1C(C)C. The maximum absolute atomic E-state index is 4.43. The second kappa shape index (κ2) is 6.17. The number of hydrogen-bond acceptors (Lipinski definition) is 6. The van der Waals surface area contributed by atoms with E-state index in [1.807, 2.05) is 13.2 Å². The molecular weight excluding hydrogens is 270 g/mol. The molecule has 1 unspecified atom stereocenters. The largest absolute Gasteiger partial charge is 0.373 e. The molecule has 0 fully saturated rings. The number of nitrogens with zero attached hydrogens (tertiary/aromatic N) is 3. The normalized spacial score (nSPS) is 12.5. The van der Waals surface area contributed by atoms with Gasteiger partial charge in [0.25, 0.3) is 0 Å². The van der Waals surface area contributed by atoms with Crippen molar-refractivity contribution < 1.29 is 0 Å². The Morgan fingerprint density at radius 3 is 2.35 bits per heavy atom. The molecule has 5 nitrogen and oxygen atoms in total. The Balaban J connectivity index is 2.29. The lowest BCUT2D eigenvalue weighted by Gasteiger charge is -2.19. The lowest BCUT2D eigenvalue weighted by molar-refractivity contribution is 0.816. The topological polar surface area (TPSA) is 62.7 Å². The summed E-state index contributed by atoms with van der Waals surface area (Å²) >= 11 is 1.71. The molecule has 0 radical (unpaired) electrons. The highest BCUT2D eigenvalue weighted by Gasteiger charge is 2.17. The summed E-state index contributed by atoms with van der Waals surface area (Å²) in [6.07, 6.45) is 3.49. The van der Waals surface area contributed by atoms with E-state index in [0.29, 0.717) is 5.92 Å². The van der Waals surface area contributed by atoms with Gasteiger partial charge >= 0.3 is 0 Å². The monoisotopic (exact) mass is 291 g/mol. The van der Waals surface area contributed by atoms with Crippen LogP contribution in [-0.4, -0.2) is 22.0 Å². The third-order valence-corrected chi connectivity index (χ3v) is 4.16. The van der Waals surface area contributed by atoms with Crippen LogP contribution in [0, 0.1) is 6.92 Å². The summed E-state index contributed by atoms with van der Waals surface area (Å²) in [6, 6.07) is 0.130. The van der Waals surface area contributed by atoms with Crippen molar-refractivity contribution in [3.63, 3.8) is 0 Å². The zero-order valence-corrected chi connectivity index (χ0v) is 13.4. The van der Waals surface area contributed by atoms with Crippen molar-refractivity contribution in [1.29, 1.82) is 0 Å². The van der Waals surface area contributed by atoms with Gasteiger partial charge in [0.1, 0.15) is 23.0 Å². The molecule has 0 aliphatic rings. The minimum Gasteiger partial charge on any atom is -0.373 e. The lowest BCUT2D eigenvalue weighted by atomic mass is 10.0. The Hall–Kier alpha value is -1.69.